The van der Waals surface area contributed by atoms with Crippen LogP contribution in [-0.2, 0) is 0 Å². The number of rotatable bonds is 0. The van der Waals surface area contributed by atoms with Gasteiger partial charge in [-0.25, -0.2) is 9.97 Å². The molecule has 3 aromatic heterocycles. The van der Waals surface area contributed by atoms with Crippen molar-refractivity contribution in [3.63, 3.8) is 0 Å². The molecule has 17 rings (SSSR count). The molecule has 14 aliphatic rings. The zero-order chi connectivity index (χ0) is 37.8. The van der Waals surface area contributed by atoms with E-state index in [1.54, 1.807) is 0 Å². The van der Waals surface area contributed by atoms with E-state index in [-0.39, 0.29) is 0 Å². The third kappa shape index (κ3) is 3.73. The average molecular weight is 751 g/mol. The largest absolute Gasteiger partial charge is 0.389 e. The lowest BCUT2D eigenvalue weighted by Crippen LogP contribution is -2.45. The van der Waals surface area contributed by atoms with E-state index >= 15 is 0 Å². The molecular formula is C44H38N4O8. The van der Waals surface area contributed by atoms with Crippen molar-refractivity contribution in [1.82, 2.24) is 19.9 Å². The predicted molar refractivity (Wildman–Crippen MR) is 204 cm³/mol. The van der Waals surface area contributed by atoms with Gasteiger partial charge in [-0.15, -0.1) is 0 Å². The molecule has 10 N–H and O–H groups in total. The lowest BCUT2D eigenvalue weighted by Gasteiger charge is -2.41. The summed E-state index contributed by atoms with van der Waals surface area (Å²) in [6.45, 7) is 0. The number of aromatic amines is 2. The summed E-state index contributed by atoms with van der Waals surface area (Å²) in [5, 5.41) is 90.6. The maximum absolute atomic E-state index is 11.3. The fraction of sp³-hybridized carbons (Fsp3) is 0.364. The first-order valence-corrected chi connectivity index (χ1v) is 19.6. The summed E-state index contributed by atoms with van der Waals surface area (Å²) in [6, 6.07) is 7.77. The van der Waals surface area contributed by atoms with Gasteiger partial charge >= 0.3 is 0 Å². The molecule has 12 nitrogen and oxygen atoms in total. The highest BCUT2D eigenvalue weighted by Gasteiger charge is 2.51. The van der Waals surface area contributed by atoms with Gasteiger partial charge in [-0.05, 0) is 68.8 Å². The molecule has 0 radical (unpaired) electrons. The Morgan fingerprint density at radius 1 is 0.304 bits per heavy atom. The Morgan fingerprint density at radius 2 is 0.536 bits per heavy atom. The van der Waals surface area contributed by atoms with Crippen LogP contribution in [0.5, 0.6) is 0 Å². The molecule has 12 aliphatic carbocycles. The molecule has 0 saturated carbocycles. The van der Waals surface area contributed by atoms with Crippen LogP contribution in [0, 0.1) is 23.7 Å². The molecule has 2 aliphatic heterocycles. The maximum Gasteiger partial charge on any atom is 0.0912 e. The standard InChI is InChI=1S/C44H38N4O8/c49-37-13-1-2-14(38(37)50)30-22-10-24-32-16-5-6-18(42(54)40(16)52)34(32)26(47-24)12-28-36-20-8-7-19(43(55)44(20)56)35(36)27(48-28)11-25-33-17-4-3-15(39(51)41(17)53)31(33)23(46-25)9-21(45-22)29(13)30/h1-20,37-46,49-56H. The summed E-state index contributed by atoms with van der Waals surface area (Å²) >= 11 is 0. The van der Waals surface area contributed by atoms with E-state index in [1.807, 2.05) is 72.9 Å². The summed E-state index contributed by atoms with van der Waals surface area (Å²) in [4.78, 5) is 17.7. The van der Waals surface area contributed by atoms with Gasteiger partial charge in [0.2, 0.25) is 0 Å². The minimum Gasteiger partial charge on any atom is -0.389 e. The molecule has 3 aromatic rings. The molecule has 0 amide bonds. The van der Waals surface area contributed by atoms with Crippen molar-refractivity contribution in [2.75, 3.05) is 0 Å². The van der Waals surface area contributed by atoms with E-state index in [0.717, 1.165) is 55.6 Å². The van der Waals surface area contributed by atoms with Crippen LogP contribution in [0.1, 0.15) is 68.7 Å². The molecule has 0 fully saturated rings. The Bertz CT molecular complexity index is 2560. The molecule has 16 unspecified atom stereocenters. The van der Waals surface area contributed by atoms with Crippen LogP contribution in [-0.4, -0.2) is 110 Å². The van der Waals surface area contributed by atoms with E-state index in [2.05, 4.69) is 9.97 Å². The Kier molecular flexibility index (Phi) is 6.12. The van der Waals surface area contributed by atoms with Crippen molar-refractivity contribution in [3.05, 3.63) is 118 Å². The van der Waals surface area contributed by atoms with Crippen molar-refractivity contribution >= 4 is 44.4 Å². The lowest BCUT2D eigenvalue weighted by molar-refractivity contribution is -0.0159. The zero-order valence-corrected chi connectivity index (χ0v) is 29.6. The van der Waals surface area contributed by atoms with E-state index in [0.29, 0.717) is 33.8 Å². The smallest absolute Gasteiger partial charge is 0.0912 e. The third-order valence-corrected chi connectivity index (χ3v) is 14.7. The number of fused-ring (bicyclic) bond motifs is 12. The van der Waals surface area contributed by atoms with Gasteiger partial charge in [-0.2, -0.15) is 0 Å². The van der Waals surface area contributed by atoms with Crippen molar-refractivity contribution in [1.29, 1.82) is 0 Å². The Balaban J connectivity index is 1.19. The summed E-state index contributed by atoms with van der Waals surface area (Å²) in [5.41, 5.74) is 11.8. The quantitative estimate of drug-likeness (QED) is 0.151. The Hall–Kier alpha value is -4.76. The van der Waals surface area contributed by atoms with Gasteiger partial charge in [0.1, 0.15) is 0 Å². The van der Waals surface area contributed by atoms with E-state index in [1.165, 1.54) is 0 Å². The van der Waals surface area contributed by atoms with Crippen molar-refractivity contribution < 1.29 is 40.9 Å². The summed E-state index contributed by atoms with van der Waals surface area (Å²) < 4.78 is 0. The van der Waals surface area contributed by atoms with Gasteiger partial charge in [0.15, 0.2) is 0 Å². The molecule has 12 heteroatoms. The number of H-pyrrole nitrogens is 2. The predicted octanol–water partition coefficient (Wildman–Crippen LogP) is 2.16. The van der Waals surface area contributed by atoms with Crippen molar-refractivity contribution in [2.24, 2.45) is 23.7 Å². The van der Waals surface area contributed by atoms with Gasteiger partial charge in [-0.1, -0.05) is 48.6 Å². The summed E-state index contributed by atoms with van der Waals surface area (Å²) in [6.07, 6.45) is 7.24. The normalized spacial score (nSPS) is 41.1. The highest BCUT2D eigenvalue weighted by molar-refractivity contribution is 6.02. The van der Waals surface area contributed by atoms with Crippen LogP contribution in [0.4, 0.5) is 0 Å². The topological polar surface area (TPSA) is 219 Å². The van der Waals surface area contributed by atoms with E-state index in [9.17, 15) is 40.9 Å². The van der Waals surface area contributed by atoms with Crippen LogP contribution in [0.2, 0.25) is 0 Å². The number of nitrogens with one attached hydrogen (secondary N) is 2. The number of aliphatic hydroxyl groups excluding tert-OH is 8. The fourth-order valence-electron chi connectivity index (χ4n) is 12.2. The summed E-state index contributed by atoms with van der Waals surface area (Å²) in [5.74, 6) is -4.10. The molecule has 5 heterocycles. The van der Waals surface area contributed by atoms with Gasteiger partial charge in [-0.3, -0.25) is 0 Å². The molecule has 0 spiro atoms. The maximum atomic E-state index is 11.3. The highest BCUT2D eigenvalue weighted by Crippen LogP contribution is 2.56. The second-order valence-corrected chi connectivity index (χ2v) is 17.2. The Morgan fingerprint density at radius 3 is 0.839 bits per heavy atom. The first kappa shape index (κ1) is 32.3. The first-order valence-electron chi connectivity index (χ1n) is 19.6. The lowest BCUT2D eigenvalue weighted by atomic mass is 9.66. The second-order valence-electron chi connectivity index (χ2n) is 17.2. The number of hydrogen-bond donors (Lipinski definition) is 10. The number of nitrogens with zero attached hydrogens (tertiary/aromatic N) is 2. The average Bonchev–Trinajstić information content (AvgIpc) is 3.96. The zero-order valence-electron chi connectivity index (χ0n) is 29.6. The van der Waals surface area contributed by atoms with Crippen LogP contribution in [0.25, 0.3) is 44.4 Å². The number of hydrogen-bond acceptors (Lipinski definition) is 10. The van der Waals surface area contributed by atoms with Crippen LogP contribution in [0.15, 0.2) is 72.9 Å². The monoisotopic (exact) mass is 750 g/mol. The molecule has 282 valence electrons. The number of aliphatic hydroxyl groups is 8. The third-order valence-electron chi connectivity index (χ3n) is 14.7. The Labute approximate surface area is 318 Å². The highest BCUT2D eigenvalue weighted by atomic mass is 16.3. The van der Waals surface area contributed by atoms with Gasteiger partial charge < -0.3 is 50.8 Å². The molecular weight excluding hydrogens is 713 g/mol. The van der Waals surface area contributed by atoms with E-state index in [4.69, 9.17) is 9.97 Å². The van der Waals surface area contributed by atoms with Crippen LogP contribution in [0.3, 0.4) is 0 Å². The first-order chi connectivity index (χ1) is 27.1. The molecule has 0 aromatic carbocycles. The van der Waals surface area contributed by atoms with E-state index < -0.39 is 96.2 Å². The molecule has 0 saturated heterocycles. The van der Waals surface area contributed by atoms with Crippen molar-refractivity contribution in [2.45, 2.75) is 72.5 Å². The second kappa shape index (κ2) is 10.6. The number of aromatic nitrogens is 4. The molecule has 16 bridgehead atoms. The molecule has 16 atom stereocenters. The fourth-order valence-corrected chi connectivity index (χ4v) is 12.2. The minimum absolute atomic E-state index is 0.498. The van der Waals surface area contributed by atoms with Gasteiger partial charge in [0, 0.05) is 69.4 Å². The van der Waals surface area contributed by atoms with Gasteiger partial charge in [0.25, 0.3) is 0 Å². The summed E-state index contributed by atoms with van der Waals surface area (Å²) in [7, 11) is 0. The van der Waals surface area contributed by atoms with Crippen LogP contribution >= 0.6 is 0 Å². The SMILES string of the molecule is OC1C2C=CC(C3=C2c2cc4nc(cc5[nH]c(cc6[nH]c(cc3n2)c2c6C3C=CC2C(O)C3O)c2c5C3C=CC2C(O)C3O)C2=C4C3C=CC2C(O)C3O)C1O. The van der Waals surface area contributed by atoms with Crippen LogP contribution < -0.4 is 0 Å². The van der Waals surface area contributed by atoms with Gasteiger partial charge in [0.05, 0.1) is 71.6 Å². The minimum atomic E-state index is -1.04. The molecule has 56 heavy (non-hydrogen) atoms. The van der Waals surface area contributed by atoms with Crippen molar-refractivity contribution in [3.8, 4) is 0 Å².